The number of hydrogen-bond acceptors (Lipinski definition) is 6. The van der Waals surface area contributed by atoms with Crippen LogP contribution in [0.5, 0.6) is 0 Å². The highest BCUT2D eigenvalue weighted by Crippen LogP contribution is 2.31. The summed E-state index contributed by atoms with van der Waals surface area (Å²) in [5, 5.41) is 1.11. The van der Waals surface area contributed by atoms with E-state index in [0.29, 0.717) is 26.9 Å². The number of nitrogens with zero attached hydrogens (tertiary/aromatic N) is 4. The molecule has 0 saturated heterocycles. The van der Waals surface area contributed by atoms with Crippen LogP contribution >= 0.6 is 22.9 Å². The van der Waals surface area contributed by atoms with E-state index in [1.54, 1.807) is 36.5 Å². The van der Waals surface area contributed by atoms with Crippen molar-refractivity contribution in [1.29, 1.82) is 0 Å². The third-order valence-electron chi connectivity index (χ3n) is 4.78. The van der Waals surface area contributed by atoms with Crippen LogP contribution in [0.1, 0.15) is 5.69 Å². The number of pyridine rings is 1. The summed E-state index contributed by atoms with van der Waals surface area (Å²) in [4.78, 5) is 36.2. The van der Waals surface area contributed by atoms with Gasteiger partial charge in [0.1, 0.15) is 6.54 Å². The van der Waals surface area contributed by atoms with Gasteiger partial charge < -0.3 is 4.42 Å². The number of benzene rings is 2. The fourth-order valence-electron chi connectivity index (χ4n) is 3.30. The SMILES string of the molecule is O=C(Cn1c(=O)oc2ccccc21)N(Cc1ccccn1)c1nc2ccc(Cl)cc2s1. The molecule has 0 saturated carbocycles. The maximum absolute atomic E-state index is 13.4. The van der Waals surface area contributed by atoms with Gasteiger partial charge in [-0.2, -0.15) is 0 Å². The lowest BCUT2D eigenvalue weighted by Crippen LogP contribution is -2.35. The van der Waals surface area contributed by atoms with Gasteiger partial charge in [-0.1, -0.05) is 41.1 Å². The van der Waals surface area contributed by atoms with Gasteiger partial charge in [0, 0.05) is 11.2 Å². The molecule has 0 aliphatic carbocycles. The monoisotopic (exact) mass is 450 g/mol. The van der Waals surface area contributed by atoms with Gasteiger partial charge in [0.05, 0.1) is 28.0 Å². The minimum atomic E-state index is -0.580. The molecule has 9 heteroatoms. The van der Waals surface area contributed by atoms with Crippen LogP contribution < -0.4 is 10.7 Å². The number of aromatic nitrogens is 3. The van der Waals surface area contributed by atoms with Crippen molar-refractivity contribution < 1.29 is 9.21 Å². The topological polar surface area (TPSA) is 81.2 Å². The number of amides is 1. The Kier molecular flexibility index (Phi) is 5.01. The first-order valence-electron chi connectivity index (χ1n) is 9.43. The van der Waals surface area contributed by atoms with E-state index in [1.165, 1.54) is 20.8 Å². The van der Waals surface area contributed by atoms with Gasteiger partial charge in [0.15, 0.2) is 10.7 Å². The number of halogens is 1. The van der Waals surface area contributed by atoms with Gasteiger partial charge >= 0.3 is 5.76 Å². The summed E-state index contributed by atoms with van der Waals surface area (Å²) in [7, 11) is 0. The summed E-state index contributed by atoms with van der Waals surface area (Å²) in [6.07, 6.45) is 1.67. The third-order valence-corrected chi connectivity index (χ3v) is 6.06. The first-order chi connectivity index (χ1) is 15.1. The first kappa shape index (κ1) is 19.5. The lowest BCUT2D eigenvalue weighted by molar-refractivity contribution is -0.119. The van der Waals surface area contributed by atoms with Gasteiger partial charge in [-0.3, -0.25) is 19.2 Å². The van der Waals surface area contributed by atoms with E-state index < -0.39 is 5.76 Å². The molecule has 0 atom stereocenters. The number of para-hydroxylation sites is 2. The molecule has 154 valence electrons. The minimum Gasteiger partial charge on any atom is -0.408 e. The normalized spacial score (nSPS) is 11.3. The molecule has 5 aromatic rings. The van der Waals surface area contributed by atoms with Crippen molar-refractivity contribution in [2.75, 3.05) is 4.90 Å². The first-order valence-corrected chi connectivity index (χ1v) is 10.6. The average molecular weight is 451 g/mol. The number of hydrogen-bond donors (Lipinski definition) is 0. The molecule has 5 rings (SSSR count). The molecule has 2 aromatic carbocycles. The van der Waals surface area contributed by atoms with Crippen molar-refractivity contribution in [1.82, 2.24) is 14.5 Å². The zero-order chi connectivity index (χ0) is 21.4. The lowest BCUT2D eigenvalue weighted by Gasteiger charge is -2.19. The molecule has 7 nitrogen and oxygen atoms in total. The van der Waals surface area contributed by atoms with E-state index >= 15 is 0 Å². The Hall–Kier alpha value is -3.49. The summed E-state index contributed by atoms with van der Waals surface area (Å²) >= 11 is 7.47. The second-order valence-corrected chi connectivity index (χ2v) is 8.28. The number of anilines is 1. The fraction of sp³-hybridized carbons (Fsp3) is 0.0909. The third kappa shape index (κ3) is 3.83. The van der Waals surface area contributed by atoms with Gasteiger partial charge in [-0.15, -0.1) is 0 Å². The van der Waals surface area contributed by atoms with E-state index in [9.17, 15) is 9.59 Å². The summed E-state index contributed by atoms with van der Waals surface area (Å²) in [5.74, 6) is -0.882. The molecule has 1 amide bonds. The summed E-state index contributed by atoms with van der Waals surface area (Å²) in [5.41, 5.74) is 2.45. The fourth-order valence-corrected chi connectivity index (χ4v) is 4.56. The smallest absolute Gasteiger partial charge is 0.408 e. The second kappa shape index (κ2) is 7.98. The molecule has 31 heavy (non-hydrogen) atoms. The Morgan fingerprint density at radius 1 is 1.13 bits per heavy atom. The lowest BCUT2D eigenvalue weighted by atomic mass is 10.3. The van der Waals surface area contributed by atoms with Crippen molar-refractivity contribution in [2.24, 2.45) is 0 Å². The van der Waals surface area contributed by atoms with E-state index in [0.717, 1.165) is 10.2 Å². The molecular weight excluding hydrogens is 436 g/mol. The van der Waals surface area contributed by atoms with Crippen LogP contribution in [-0.4, -0.2) is 20.4 Å². The van der Waals surface area contributed by atoms with Crippen LogP contribution in [0.25, 0.3) is 21.3 Å². The Balaban J connectivity index is 1.54. The van der Waals surface area contributed by atoms with Gasteiger partial charge in [0.2, 0.25) is 5.91 Å². The number of carbonyl (C=O) groups is 1. The van der Waals surface area contributed by atoms with Gasteiger partial charge in [-0.25, -0.2) is 9.78 Å². The van der Waals surface area contributed by atoms with Crippen molar-refractivity contribution >= 4 is 55.3 Å². The molecule has 0 N–H and O–H groups in total. The van der Waals surface area contributed by atoms with Crippen LogP contribution in [-0.2, 0) is 17.9 Å². The van der Waals surface area contributed by atoms with Crippen molar-refractivity contribution in [2.45, 2.75) is 13.1 Å². The Morgan fingerprint density at radius 3 is 2.81 bits per heavy atom. The largest absolute Gasteiger partial charge is 0.420 e. The highest BCUT2D eigenvalue weighted by Gasteiger charge is 2.23. The molecule has 3 heterocycles. The van der Waals surface area contributed by atoms with Gasteiger partial charge in [0.25, 0.3) is 0 Å². The molecule has 0 aliphatic heterocycles. The van der Waals surface area contributed by atoms with E-state index in [1.807, 2.05) is 30.3 Å². The van der Waals surface area contributed by atoms with Crippen LogP contribution in [0.3, 0.4) is 0 Å². The van der Waals surface area contributed by atoms with Gasteiger partial charge in [-0.05, 0) is 42.5 Å². The molecule has 0 spiro atoms. The highest BCUT2D eigenvalue weighted by molar-refractivity contribution is 7.22. The van der Waals surface area contributed by atoms with Crippen molar-refractivity contribution in [3.63, 3.8) is 0 Å². The number of rotatable bonds is 5. The Labute approximate surface area is 185 Å². The van der Waals surface area contributed by atoms with Crippen molar-refractivity contribution in [3.8, 4) is 0 Å². The quantitative estimate of drug-likeness (QED) is 0.394. The number of thiazole rings is 1. The standard InChI is InChI=1S/C22H15ClN4O3S/c23-14-8-9-16-19(11-14)31-21(25-16)27(12-15-5-3-4-10-24-15)20(28)13-26-17-6-1-2-7-18(17)30-22(26)29/h1-11H,12-13H2. The minimum absolute atomic E-state index is 0.181. The molecule has 0 aliphatic rings. The predicted octanol–water partition coefficient (Wildman–Crippen LogP) is 4.49. The zero-order valence-corrected chi connectivity index (χ0v) is 17.6. The number of carbonyl (C=O) groups excluding carboxylic acids is 1. The van der Waals surface area contributed by atoms with Crippen molar-refractivity contribution in [3.05, 3.63) is 88.1 Å². The number of fused-ring (bicyclic) bond motifs is 2. The maximum atomic E-state index is 13.4. The molecule has 0 bridgehead atoms. The zero-order valence-electron chi connectivity index (χ0n) is 16.1. The summed E-state index contributed by atoms with van der Waals surface area (Å²) in [6.45, 7) is 0.0388. The van der Waals surface area contributed by atoms with Crippen LogP contribution in [0.2, 0.25) is 5.02 Å². The second-order valence-electron chi connectivity index (χ2n) is 6.83. The Morgan fingerprint density at radius 2 is 1.97 bits per heavy atom. The van der Waals surface area contributed by atoms with Crippen LogP contribution in [0, 0.1) is 0 Å². The molecule has 3 aromatic heterocycles. The Bertz CT molecular complexity index is 1460. The maximum Gasteiger partial charge on any atom is 0.420 e. The molecular formula is C22H15ClN4O3S. The summed E-state index contributed by atoms with van der Waals surface area (Å²) < 4.78 is 7.46. The van der Waals surface area contributed by atoms with Crippen LogP contribution in [0.4, 0.5) is 5.13 Å². The predicted molar refractivity (Wildman–Crippen MR) is 121 cm³/mol. The van der Waals surface area contributed by atoms with E-state index in [2.05, 4.69) is 9.97 Å². The average Bonchev–Trinajstić information content (AvgIpc) is 3.33. The highest BCUT2D eigenvalue weighted by atomic mass is 35.5. The molecule has 0 radical (unpaired) electrons. The number of oxazole rings is 1. The van der Waals surface area contributed by atoms with E-state index in [-0.39, 0.29) is 19.0 Å². The molecule has 0 unspecified atom stereocenters. The summed E-state index contributed by atoms with van der Waals surface area (Å²) in [6, 6.07) is 17.9. The van der Waals surface area contributed by atoms with Crippen LogP contribution in [0.15, 0.2) is 76.1 Å². The molecule has 0 fully saturated rings. The van der Waals surface area contributed by atoms with E-state index in [4.69, 9.17) is 16.0 Å².